The van der Waals surface area contributed by atoms with E-state index in [1.165, 1.54) is 12.1 Å². The van der Waals surface area contributed by atoms with Crippen molar-refractivity contribution >= 4 is 0 Å². The summed E-state index contributed by atoms with van der Waals surface area (Å²) in [6.45, 7) is 1.78. The lowest BCUT2D eigenvalue weighted by molar-refractivity contribution is -0.277. The van der Waals surface area contributed by atoms with Gasteiger partial charge in [0.15, 0.2) is 5.83 Å². The minimum atomic E-state index is -4.99. The van der Waals surface area contributed by atoms with E-state index in [2.05, 4.69) is 0 Å². The lowest BCUT2D eigenvalue weighted by Gasteiger charge is -2.30. The standard InChI is InChI=1S/C17H18F6O/c1-11-2-6-13(7-3-11)17(22,23)24-14-8-4-12(5-9-14)10-15(18)16(19,20)21/h2-3,6-7,10,12,14H,4-5,8-9H2,1H3. The molecular formula is C17H18F6O. The third-order valence-electron chi connectivity index (χ3n) is 4.07. The Morgan fingerprint density at radius 1 is 1.00 bits per heavy atom. The van der Waals surface area contributed by atoms with Gasteiger partial charge in [-0.05, 0) is 44.6 Å². The van der Waals surface area contributed by atoms with E-state index in [-0.39, 0.29) is 31.2 Å². The summed E-state index contributed by atoms with van der Waals surface area (Å²) < 4.78 is 82.4. The molecule has 0 heterocycles. The molecule has 24 heavy (non-hydrogen) atoms. The number of alkyl halides is 5. The molecule has 0 aliphatic heterocycles. The van der Waals surface area contributed by atoms with E-state index in [9.17, 15) is 26.3 Å². The quantitative estimate of drug-likeness (QED) is 0.601. The first-order valence-corrected chi connectivity index (χ1v) is 7.65. The molecule has 0 spiro atoms. The van der Waals surface area contributed by atoms with Gasteiger partial charge in [0.25, 0.3) is 0 Å². The van der Waals surface area contributed by atoms with Crippen molar-refractivity contribution in [3.63, 3.8) is 0 Å². The number of rotatable bonds is 4. The summed E-state index contributed by atoms with van der Waals surface area (Å²) in [5.41, 5.74) is 0.576. The number of aryl methyl sites for hydroxylation is 1. The summed E-state index contributed by atoms with van der Waals surface area (Å²) in [7, 11) is 0. The van der Waals surface area contributed by atoms with Gasteiger partial charge in [-0.15, -0.1) is 0 Å². The molecule has 1 nitrogen and oxygen atoms in total. The van der Waals surface area contributed by atoms with Crippen LogP contribution in [0.15, 0.2) is 36.2 Å². The summed E-state index contributed by atoms with van der Waals surface area (Å²) in [6, 6.07) is 5.66. The molecule has 0 aromatic heterocycles. The highest BCUT2D eigenvalue weighted by Gasteiger charge is 2.38. The molecule has 1 saturated carbocycles. The van der Waals surface area contributed by atoms with Crippen LogP contribution in [0.25, 0.3) is 0 Å². The Balaban J connectivity index is 1.92. The Bertz CT molecular complexity index is 568. The van der Waals surface area contributed by atoms with E-state index in [0.29, 0.717) is 6.08 Å². The summed E-state index contributed by atoms with van der Waals surface area (Å²) in [4.78, 5) is 0. The Hall–Kier alpha value is -1.50. The number of allylic oxidation sites excluding steroid dienone is 2. The summed E-state index contributed by atoms with van der Waals surface area (Å²) in [5, 5.41) is 0. The van der Waals surface area contributed by atoms with Gasteiger partial charge in [-0.2, -0.15) is 22.0 Å². The molecule has 0 atom stereocenters. The van der Waals surface area contributed by atoms with Crippen LogP contribution in [-0.4, -0.2) is 12.3 Å². The fraction of sp³-hybridized carbons (Fsp3) is 0.529. The molecule has 0 amide bonds. The van der Waals surface area contributed by atoms with Crippen molar-refractivity contribution in [2.75, 3.05) is 0 Å². The minimum absolute atomic E-state index is 0.160. The van der Waals surface area contributed by atoms with Gasteiger partial charge in [-0.1, -0.05) is 29.8 Å². The van der Waals surface area contributed by atoms with Crippen LogP contribution in [0.5, 0.6) is 0 Å². The SMILES string of the molecule is Cc1ccc(C(F)(F)OC2CCC(C=C(F)C(F)(F)F)CC2)cc1. The van der Waals surface area contributed by atoms with Gasteiger partial charge in [0.1, 0.15) is 0 Å². The van der Waals surface area contributed by atoms with Crippen LogP contribution in [0.2, 0.25) is 0 Å². The smallest absolute Gasteiger partial charge is 0.313 e. The zero-order valence-electron chi connectivity index (χ0n) is 13.0. The third-order valence-corrected chi connectivity index (χ3v) is 4.07. The van der Waals surface area contributed by atoms with Crippen LogP contribution in [-0.2, 0) is 10.8 Å². The molecule has 7 heteroatoms. The van der Waals surface area contributed by atoms with Gasteiger partial charge in [0.2, 0.25) is 0 Å². The van der Waals surface area contributed by atoms with E-state index in [1.807, 2.05) is 0 Å². The molecule has 1 aromatic carbocycles. The molecule has 1 aliphatic carbocycles. The molecule has 0 N–H and O–H groups in total. The van der Waals surface area contributed by atoms with Gasteiger partial charge in [-0.25, -0.2) is 4.39 Å². The monoisotopic (exact) mass is 352 g/mol. The number of halogens is 6. The highest BCUT2D eigenvalue weighted by Crippen LogP contribution is 2.37. The maximum absolute atomic E-state index is 14.1. The molecule has 0 radical (unpaired) electrons. The molecular weight excluding hydrogens is 334 g/mol. The molecule has 0 unspecified atom stereocenters. The summed E-state index contributed by atoms with van der Waals surface area (Å²) in [5.74, 6) is -2.74. The number of hydrogen-bond acceptors (Lipinski definition) is 1. The van der Waals surface area contributed by atoms with Crippen molar-refractivity contribution in [2.45, 2.75) is 51.0 Å². The van der Waals surface area contributed by atoms with E-state index >= 15 is 0 Å². The van der Waals surface area contributed by atoms with E-state index in [4.69, 9.17) is 4.74 Å². The van der Waals surface area contributed by atoms with Gasteiger partial charge in [0, 0.05) is 0 Å². The lowest BCUT2D eigenvalue weighted by Crippen LogP contribution is -2.29. The first-order valence-electron chi connectivity index (χ1n) is 7.65. The fourth-order valence-electron chi connectivity index (χ4n) is 2.70. The highest BCUT2D eigenvalue weighted by molar-refractivity contribution is 5.23. The van der Waals surface area contributed by atoms with Crippen LogP contribution >= 0.6 is 0 Å². The normalized spacial score (nSPS) is 23.4. The lowest BCUT2D eigenvalue weighted by atomic mass is 9.87. The van der Waals surface area contributed by atoms with Gasteiger partial charge in [0.05, 0.1) is 11.7 Å². The maximum Gasteiger partial charge on any atom is 0.442 e. The van der Waals surface area contributed by atoms with Crippen molar-refractivity contribution in [2.24, 2.45) is 5.92 Å². The van der Waals surface area contributed by atoms with Crippen LogP contribution in [0, 0.1) is 12.8 Å². The average molecular weight is 352 g/mol. The van der Waals surface area contributed by atoms with Crippen molar-refractivity contribution in [3.05, 3.63) is 47.3 Å². The van der Waals surface area contributed by atoms with Crippen LogP contribution < -0.4 is 0 Å². The molecule has 1 aliphatic rings. The Morgan fingerprint density at radius 2 is 1.54 bits per heavy atom. The largest absolute Gasteiger partial charge is 0.442 e. The Kier molecular flexibility index (Phi) is 5.63. The Labute approximate surface area is 136 Å². The van der Waals surface area contributed by atoms with Gasteiger partial charge in [-0.3, -0.25) is 0 Å². The van der Waals surface area contributed by atoms with Crippen LogP contribution in [0.4, 0.5) is 26.3 Å². The molecule has 0 bridgehead atoms. The molecule has 2 rings (SSSR count). The second kappa shape index (κ2) is 7.17. The van der Waals surface area contributed by atoms with E-state index in [1.54, 1.807) is 19.1 Å². The highest BCUT2D eigenvalue weighted by atomic mass is 19.4. The summed E-state index contributed by atoms with van der Waals surface area (Å²) in [6.07, 6.45) is -8.00. The van der Waals surface area contributed by atoms with Gasteiger partial charge >= 0.3 is 12.3 Å². The second-order valence-electron chi connectivity index (χ2n) is 6.05. The minimum Gasteiger partial charge on any atom is -0.313 e. The van der Waals surface area contributed by atoms with Crippen LogP contribution in [0.3, 0.4) is 0 Å². The Morgan fingerprint density at radius 3 is 2.04 bits per heavy atom. The first-order chi connectivity index (χ1) is 11.1. The number of ether oxygens (including phenoxy) is 1. The predicted molar refractivity (Wildman–Crippen MR) is 77.2 cm³/mol. The second-order valence-corrected chi connectivity index (χ2v) is 6.05. The molecule has 0 saturated heterocycles. The van der Waals surface area contributed by atoms with Gasteiger partial charge < -0.3 is 4.74 Å². The van der Waals surface area contributed by atoms with Crippen LogP contribution in [0.1, 0.15) is 36.8 Å². The van der Waals surface area contributed by atoms with Crippen molar-refractivity contribution < 1.29 is 31.1 Å². The zero-order valence-corrected chi connectivity index (χ0v) is 13.0. The average Bonchev–Trinajstić information content (AvgIpc) is 2.48. The van der Waals surface area contributed by atoms with E-state index < -0.39 is 30.1 Å². The zero-order chi connectivity index (χ0) is 18.0. The number of hydrogen-bond donors (Lipinski definition) is 0. The summed E-state index contributed by atoms with van der Waals surface area (Å²) >= 11 is 0. The molecule has 134 valence electrons. The third kappa shape index (κ3) is 5.00. The van der Waals surface area contributed by atoms with Crippen molar-refractivity contribution in [1.29, 1.82) is 0 Å². The number of benzene rings is 1. The van der Waals surface area contributed by atoms with Crippen molar-refractivity contribution in [3.8, 4) is 0 Å². The maximum atomic E-state index is 14.1. The molecule has 1 aromatic rings. The van der Waals surface area contributed by atoms with Crippen molar-refractivity contribution in [1.82, 2.24) is 0 Å². The first kappa shape index (κ1) is 18.8. The fourth-order valence-corrected chi connectivity index (χ4v) is 2.70. The van der Waals surface area contributed by atoms with E-state index in [0.717, 1.165) is 5.56 Å². The predicted octanol–water partition coefficient (Wildman–Crippen LogP) is 6.04. The molecule has 1 fully saturated rings. The topological polar surface area (TPSA) is 9.23 Å².